The minimum absolute atomic E-state index is 0.0231. The number of nitro groups is 1. The molecule has 1 amide bonds. The van der Waals surface area contributed by atoms with Gasteiger partial charge in [0.15, 0.2) is 0 Å². The van der Waals surface area contributed by atoms with E-state index in [1.165, 1.54) is 6.26 Å². The number of carbonyl (C=O) groups is 1. The van der Waals surface area contributed by atoms with E-state index in [-0.39, 0.29) is 22.4 Å². The van der Waals surface area contributed by atoms with Crippen molar-refractivity contribution in [2.24, 2.45) is 0 Å². The number of nitrogens with zero attached hydrogens (tertiary/aromatic N) is 3. The fourth-order valence-electron chi connectivity index (χ4n) is 1.27. The van der Waals surface area contributed by atoms with Crippen molar-refractivity contribution in [3.8, 4) is 0 Å². The zero-order valence-electron chi connectivity index (χ0n) is 9.58. The van der Waals surface area contributed by atoms with Gasteiger partial charge in [0, 0.05) is 6.07 Å². The number of hydrogen-bond acceptors (Lipinski definition) is 6. The fraction of sp³-hybridized carbons (Fsp3) is 0.100. The SMILES string of the molecule is Cc1coc(NC(=O)c2cc([N+](=O)[O-])cnc2Cl)n1. The molecule has 0 radical (unpaired) electrons. The van der Waals surface area contributed by atoms with Gasteiger partial charge in [-0.2, -0.15) is 4.98 Å². The molecule has 0 unspecified atom stereocenters. The lowest BCUT2D eigenvalue weighted by atomic mass is 10.2. The van der Waals surface area contributed by atoms with Crippen LogP contribution >= 0.6 is 11.6 Å². The summed E-state index contributed by atoms with van der Waals surface area (Å²) in [6, 6.07) is 1.01. The van der Waals surface area contributed by atoms with E-state index in [0.717, 1.165) is 12.3 Å². The standard InChI is InChI=1S/C10H7ClN4O4/c1-5-4-19-10(13-5)14-9(16)7-2-6(15(17)18)3-12-8(7)11/h2-4H,1H3,(H,13,14,16). The van der Waals surface area contributed by atoms with Gasteiger partial charge in [-0.1, -0.05) is 11.6 Å². The van der Waals surface area contributed by atoms with Crippen LogP contribution < -0.4 is 5.32 Å². The van der Waals surface area contributed by atoms with Gasteiger partial charge in [-0.05, 0) is 6.92 Å². The van der Waals surface area contributed by atoms with Crippen LogP contribution in [0.3, 0.4) is 0 Å². The Balaban J connectivity index is 2.27. The van der Waals surface area contributed by atoms with E-state index in [9.17, 15) is 14.9 Å². The van der Waals surface area contributed by atoms with Crippen molar-refractivity contribution in [3.63, 3.8) is 0 Å². The topological polar surface area (TPSA) is 111 Å². The van der Waals surface area contributed by atoms with Crippen LogP contribution in [0.2, 0.25) is 5.15 Å². The van der Waals surface area contributed by atoms with Gasteiger partial charge in [0.2, 0.25) is 0 Å². The monoisotopic (exact) mass is 282 g/mol. The molecule has 2 aromatic heterocycles. The van der Waals surface area contributed by atoms with E-state index in [1.54, 1.807) is 6.92 Å². The minimum atomic E-state index is -0.692. The molecule has 0 aromatic carbocycles. The average Bonchev–Trinajstić information content (AvgIpc) is 2.74. The number of anilines is 1. The second-order valence-electron chi connectivity index (χ2n) is 3.54. The Labute approximate surface area is 111 Å². The number of oxazole rings is 1. The lowest BCUT2D eigenvalue weighted by Gasteiger charge is -2.02. The first-order valence-electron chi connectivity index (χ1n) is 5.01. The molecule has 98 valence electrons. The molecule has 0 fully saturated rings. The Kier molecular flexibility index (Phi) is 3.43. The van der Waals surface area contributed by atoms with Gasteiger partial charge in [0.1, 0.15) is 17.6 Å². The smallest absolute Gasteiger partial charge is 0.301 e. The van der Waals surface area contributed by atoms with E-state index in [2.05, 4.69) is 15.3 Å². The average molecular weight is 283 g/mol. The van der Waals surface area contributed by atoms with Crippen molar-refractivity contribution in [2.45, 2.75) is 6.92 Å². The van der Waals surface area contributed by atoms with Crippen molar-refractivity contribution in [3.05, 3.63) is 45.1 Å². The van der Waals surface area contributed by atoms with E-state index in [1.807, 2.05) is 0 Å². The Morgan fingerprint density at radius 3 is 2.89 bits per heavy atom. The molecule has 2 rings (SSSR count). The molecule has 0 aliphatic rings. The maximum atomic E-state index is 11.9. The molecule has 1 N–H and O–H groups in total. The van der Waals surface area contributed by atoms with Crippen LogP contribution in [0.5, 0.6) is 0 Å². The molecule has 0 spiro atoms. The molecule has 2 heterocycles. The number of halogens is 1. The highest BCUT2D eigenvalue weighted by Crippen LogP contribution is 2.20. The third kappa shape index (κ3) is 2.86. The second kappa shape index (κ2) is 5.02. The van der Waals surface area contributed by atoms with E-state index in [0.29, 0.717) is 5.69 Å². The number of rotatable bonds is 3. The summed E-state index contributed by atoms with van der Waals surface area (Å²) in [4.78, 5) is 29.2. The van der Waals surface area contributed by atoms with Gasteiger partial charge in [-0.3, -0.25) is 20.2 Å². The summed E-state index contributed by atoms with van der Waals surface area (Å²) in [6.07, 6.45) is 2.32. The maximum absolute atomic E-state index is 11.9. The van der Waals surface area contributed by atoms with Crippen molar-refractivity contribution in [1.82, 2.24) is 9.97 Å². The molecule has 19 heavy (non-hydrogen) atoms. The number of pyridine rings is 1. The van der Waals surface area contributed by atoms with Crippen LogP contribution in [0.1, 0.15) is 16.1 Å². The predicted molar refractivity (Wildman–Crippen MR) is 65.1 cm³/mol. The third-order valence-electron chi connectivity index (χ3n) is 2.12. The number of amides is 1. The fourth-order valence-corrected chi connectivity index (χ4v) is 1.46. The van der Waals surface area contributed by atoms with Crippen LogP contribution in [0.4, 0.5) is 11.7 Å². The zero-order chi connectivity index (χ0) is 14.0. The Morgan fingerprint density at radius 1 is 1.58 bits per heavy atom. The molecule has 0 saturated carbocycles. The summed E-state index contributed by atoms with van der Waals surface area (Å²) in [5.74, 6) is -0.692. The molecule has 0 atom stereocenters. The van der Waals surface area contributed by atoms with Crippen LogP contribution in [-0.4, -0.2) is 20.8 Å². The highest BCUT2D eigenvalue weighted by molar-refractivity contribution is 6.33. The Morgan fingerprint density at radius 2 is 2.32 bits per heavy atom. The molecule has 8 nitrogen and oxygen atoms in total. The summed E-state index contributed by atoms with van der Waals surface area (Å²) < 4.78 is 4.93. The first-order chi connectivity index (χ1) is 8.97. The Bertz CT molecular complexity index is 655. The lowest BCUT2D eigenvalue weighted by Crippen LogP contribution is -2.13. The normalized spacial score (nSPS) is 10.2. The Hall–Kier alpha value is -2.48. The van der Waals surface area contributed by atoms with Gasteiger partial charge in [-0.15, -0.1) is 0 Å². The van der Waals surface area contributed by atoms with Gasteiger partial charge in [0.05, 0.1) is 16.2 Å². The number of aryl methyl sites for hydroxylation is 1. The van der Waals surface area contributed by atoms with Crippen molar-refractivity contribution in [1.29, 1.82) is 0 Å². The molecule has 0 aliphatic heterocycles. The second-order valence-corrected chi connectivity index (χ2v) is 3.90. The van der Waals surface area contributed by atoms with Crippen molar-refractivity contribution >= 4 is 29.2 Å². The molecule has 0 aliphatic carbocycles. The first kappa shape index (κ1) is 13.0. The third-order valence-corrected chi connectivity index (χ3v) is 2.42. The molecule has 2 aromatic rings. The van der Waals surface area contributed by atoms with Crippen molar-refractivity contribution in [2.75, 3.05) is 5.32 Å². The highest BCUT2D eigenvalue weighted by Gasteiger charge is 2.18. The van der Waals surface area contributed by atoms with E-state index >= 15 is 0 Å². The summed E-state index contributed by atoms with van der Waals surface area (Å²) in [5, 5.41) is 12.8. The molecule has 0 saturated heterocycles. The van der Waals surface area contributed by atoms with E-state index < -0.39 is 10.8 Å². The van der Waals surface area contributed by atoms with Gasteiger partial charge in [-0.25, -0.2) is 4.98 Å². The molecular weight excluding hydrogens is 276 g/mol. The lowest BCUT2D eigenvalue weighted by molar-refractivity contribution is -0.385. The summed E-state index contributed by atoms with van der Waals surface area (Å²) >= 11 is 5.72. The van der Waals surface area contributed by atoms with Gasteiger partial charge < -0.3 is 4.42 Å². The van der Waals surface area contributed by atoms with Crippen LogP contribution in [-0.2, 0) is 0 Å². The quantitative estimate of drug-likeness (QED) is 0.525. The van der Waals surface area contributed by atoms with Crippen molar-refractivity contribution < 1.29 is 14.1 Å². The van der Waals surface area contributed by atoms with Crippen LogP contribution in [0.15, 0.2) is 22.9 Å². The van der Waals surface area contributed by atoms with Gasteiger partial charge in [0.25, 0.3) is 11.6 Å². The first-order valence-corrected chi connectivity index (χ1v) is 5.38. The molecule has 0 bridgehead atoms. The minimum Gasteiger partial charge on any atom is -0.432 e. The number of hydrogen-bond donors (Lipinski definition) is 1. The number of nitrogens with one attached hydrogen (secondary N) is 1. The van der Waals surface area contributed by atoms with Gasteiger partial charge >= 0.3 is 6.01 Å². The summed E-state index contributed by atoms with van der Waals surface area (Å²) in [7, 11) is 0. The predicted octanol–water partition coefficient (Wildman–Crippen LogP) is 2.19. The largest absolute Gasteiger partial charge is 0.432 e. The number of carbonyl (C=O) groups excluding carboxylic acids is 1. The molecule has 9 heteroatoms. The zero-order valence-corrected chi connectivity index (χ0v) is 10.3. The maximum Gasteiger partial charge on any atom is 0.301 e. The van der Waals surface area contributed by atoms with Crippen LogP contribution in [0, 0.1) is 17.0 Å². The molecular formula is C10H7ClN4O4. The highest BCUT2D eigenvalue weighted by atomic mass is 35.5. The summed E-state index contributed by atoms with van der Waals surface area (Å²) in [6.45, 7) is 1.68. The summed E-state index contributed by atoms with van der Waals surface area (Å²) in [5.41, 5.74) is 0.114. The van der Waals surface area contributed by atoms with Crippen LogP contribution in [0.25, 0.3) is 0 Å². The number of aromatic nitrogens is 2. The van der Waals surface area contributed by atoms with E-state index in [4.69, 9.17) is 16.0 Å².